The average Bonchev–Trinajstić information content (AvgIpc) is 2.45. The van der Waals surface area contributed by atoms with E-state index in [1.165, 1.54) is 0 Å². The van der Waals surface area contributed by atoms with Crippen molar-refractivity contribution in [3.63, 3.8) is 0 Å². The van der Waals surface area contributed by atoms with Crippen LogP contribution >= 0.6 is 0 Å². The largest absolute Gasteiger partial charge is 0.334 e. The van der Waals surface area contributed by atoms with Crippen molar-refractivity contribution in [2.75, 3.05) is 14.1 Å². The number of carbonyl (C=O) groups is 2. The minimum atomic E-state index is -0.431. The molecular weight excluding hydrogens is 252 g/mol. The molecule has 0 fully saturated rings. The Labute approximate surface area is 121 Å². The minimum Gasteiger partial charge on any atom is -0.334 e. The van der Waals surface area contributed by atoms with Gasteiger partial charge in [-0.25, -0.2) is 0 Å². The highest BCUT2D eigenvalue weighted by Gasteiger charge is 2.27. The number of hydrogen-bond acceptors (Lipinski definition) is 3. The van der Waals surface area contributed by atoms with E-state index in [0.717, 1.165) is 11.8 Å². The Kier molecular flexibility index (Phi) is 6.39. The van der Waals surface area contributed by atoms with Crippen LogP contribution in [0.3, 0.4) is 0 Å². The molecule has 1 rings (SSSR count). The quantitative estimate of drug-likeness (QED) is 0.768. The summed E-state index contributed by atoms with van der Waals surface area (Å²) in [5, 5.41) is 3.02. The van der Waals surface area contributed by atoms with Crippen molar-refractivity contribution in [3.05, 3.63) is 35.9 Å². The van der Waals surface area contributed by atoms with Crippen LogP contribution < -0.4 is 5.32 Å². The van der Waals surface area contributed by atoms with Crippen molar-refractivity contribution in [3.8, 4) is 0 Å². The normalized spacial score (nSPS) is 13.8. The molecule has 110 valence electrons. The van der Waals surface area contributed by atoms with Gasteiger partial charge < -0.3 is 15.0 Å². The van der Waals surface area contributed by atoms with E-state index in [2.05, 4.69) is 5.32 Å². The highest BCUT2D eigenvalue weighted by Crippen LogP contribution is 2.10. The van der Waals surface area contributed by atoms with Gasteiger partial charge in [0.1, 0.15) is 6.29 Å². The van der Waals surface area contributed by atoms with E-state index in [4.69, 9.17) is 0 Å². The fraction of sp³-hybridized carbons (Fsp3) is 0.500. The fourth-order valence-corrected chi connectivity index (χ4v) is 2.26. The summed E-state index contributed by atoms with van der Waals surface area (Å²) in [7, 11) is 3.46. The smallest absolute Gasteiger partial charge is 0.240 e. The Hall–Kier alpha value is -1.68. The molecule has 1 aromatic carbocycles. The lowest BCUT2D eigenvalue weighted by Crippen LogP contribution is -2.51. The van der Waals surface area contributed by atoms with Gasteiger partial charge in [-0.1, -0.05) is 44.2 Å². The summed E-state index contributed by atoms with van der Waals surface area (Å²) in [5.74, 6) is 0.134. The number of benzene rings is 1. The van der Waals surface area contributed by atoms with Crippen LogP contribution in [0, 0.1) is 5.92 Å². The van der Waals surface area contributed by atoms with E-state index in [0.29, 0.717) is 6.42 Å². The SMILES string of the molecule is CN[C@H](C(=O)N(C)[C@H](C=O)Cc1ccccc1)C(C)C. The summed E-state index contributed by atoms with van der Waals surface area (Å²) in [6, 6.07) is 9.04. The molecule has 0 heterocycles. The monoisotopic (exact) mass is 276 g/mol. The standard InChI is InChI=1S/C16H24N2O2/c1-12(2)15(17-3)16(20)18(4)14(11-19)10-13-8-6-5-7-9-13/h5-9,11-12,14-15,17H,10H2,1-4H3/t14-,15-/m0/s1. The first kappa shape index (κ1) is 16.4. The summed E-state index contributed by atoms with van der Waals surface area (Å²) >= 11 is 0. The molecular formula is C16H24N2O2. The van der Waals surface area contributed by atoms with Gasteiger partial charge in [-0.3, -0.25) is 4.79 Å². The predicted molar refractivity (Wildman–Crippen MR) is 80.5 cm³/mol. The Balaban J connectivity index is 2.78. The topological polar surface area (TPSA) is 49.4 Å². The van der Waals surface area contributed by atoms with E-state index in [1.54, 1.807) is 19.0 Å². The Morgan fingerprint density at radius 3 is 2.35 bits per heavy atom. The highest BCUT2D eigenvalue weighted by molar-refractivity contribution is 5.84. The van der Waals surface area contributed by atoms with Crippen molar-refractivity contribution in [2.24, 2.45) is 5.92 Å². The van der Waals surface area contributed by atoms with Gasteiger partial charge >= 0.3 is 0 Å². The maximum Gasteiger partial charge on any atom is 0.240 e. The molecule has 0 spiro atoms. The summed E-state index contributed by atoms with van der Waals surface area (Å²) in [4.78, 5) is 25.3. The molecule has 0 unspecified atom stereocenters. The van der Waals surface area contributed by atoms with Crippen LogP contribution in [0.25, 0.3) is 0 Å². The van der Waals surface area contributed by atoms with E-state index < -0.39 is 6.04 Å². The number of hydrogen-bond donors (Lipinski definition) is 1. The third-order valence-corrected chi connectivity index (χ3v) is 3.53. The number of carbonyl (C=O) groups excluding carboxylic acids is 2. The van der Waals surface area contributed by atoms with Crippen LogP contribution in [-0.2, 0) is 16.0 Å². The maximum absolute atomic E-state index is 12.4. The second-order valence-corrected chi connectivity index (χ2v) is 5.35. The van der Waals surface area contributed by atoms with E-state index in [1.807, 2.05) is 44.2 Å². The van der Waals surface area contributed by atoms with Gasteiger partial charge in [0.25, 0.3) is 0 Å². The van der Waals surface area contributed by atoms with E-state index in [9.17, 15) is 9.59 Å². The minimum absolute atomic E-state index is 0.0458. The second kappa shape index (κ2) is 7.80. The first-order chi connectivity index (χ1) is 9.51. The number of nitrogens with one attached hydrogen (secondary N) is 1. The van der Waals surface area contributed by atoms with Gasteiger partial charge in [0, 0.05) is 7.05 Å². The van der Waals surface area contributed by atoms with Crippen LogP contribution in [0.15, 0.2) is 30.3 Å². The number of nitrogens with zero attached hydrogens (tertiary/aromatic N) is 1. The number of amides is 1. The fourth-order valence-electron chi connectivity index (χ4n) is 2.26. The molecule has 0 aliphatic heterocycles. The maximum atomic E-state index is 12.4. The molecule has 20 heavy (non-hydrogen) atoms. The molecule has 0 aromatic heterocycles. The van der Waals surface area contributed by atoms with Crippen molar-refractivity contribution in [1.29, 1.82) is 0 Å². The van der Waals surface area contributed by atoms with Crippen LogP contribution in [0.4, 0.5) is 0 Å². The first-order valence-corrected chi connectivity index (χ1v) is 6.94. The molecule has 0 saturated heterocycles. The zero-order valence-electron chi connectivity index (χ0n) is 12.7. The zero-order valence-corrected chi connectivity index (χ0v) is 12.7. The third-order valence-electron chi connectivity index (χ3n) is 3.53. The molecule has 0 aliphatic rings. The highest BCUT2D eigenvalue weighted by atomic mass is 16.2. The lowest BCUT2D eigenvalue weighted by molar-refractivity contribution is -0.137. The Bertz CT molecular complexity index is 431. The zero-order chi connectivity index (χ0) is 15.1. The second-order valence-electron chi connectivity index (χ2n) is 5.35. The molecule has 0 saturated carbocycles. The third kappa shape index (κ3) is 4.17. The van der Waals surface area contributed by atoms with Crippen LogP contribution in [-0.4, -0.2) is 43.3 Å². The number of rotatable bonds is 7. The van der Waals surface area contributed by atoms with Crippen molar-refractivity contribution in [2.45, 2.75) is 32.4 Å². The van der Waals surface area contributed by atoms with Crippen molar-refractivity contribution in [1.82, 2.24) is 10.2 Å². The lowest BCUT2D eigenvalue weighted by atomic mass is 10.0. The van der Waals surface area contributed by atoms with E-state index >= 15 is 0 Å². The molecule has 4 nitrogen and oxygen atoms in total. The van der Waals surface area contributed by atoms with Gasteiger partial charge in [0.2, 0.25) is 5.91 Å². The summed E-state index contributed by atoms with van der Waals surface area (Å²) in [6.07, 6.45) is 1.39. The van der Waals surface area contributed by atoms with Gasteiger partial charge in [0.15, 0.2) is 0 Å². The summed E-state index contributed by atoms with van der Waals surface area (Å²) < 4.78 is 0. The van der Waals surface area contributed by atoms with Gasteiger partial charge in [-0.15, -0.1) is 0 Å². The summed E-state index contributed by atoms with van der Waals surface area (Å²) in [5.41, 5.74) is 1.05. The molecule has 2 atom stereocenters. The van der Waals surface area contributed by atoms with Crippen LogP contribution in [0.1, 0.15) is 19.4 Å². The predicted octanol–water partition coefficient (Wildman–Crippen LogP) is 1.50. The number of likely N-dealkylation sites (N-methyl/N-ethyl adjacent to an activating group) is 2. The first-order valence-electron chi connectivity index (χ1n) is 6.94. The molecule has 0 aliphatic carbocycles. The molecule has 0 radical (unpaired) electrons. The molecule has 1 aromatic rings. The van der Waals surface area contributed by atoms with Crippen molar-refractivity contribution >= 4 is 12.2 Å². The lowest BCUT2D eigenvalue weighted by Gasteiger charge is -2.29. The van der Waals surface area contributed by atoms with Crippen LogP contribution in [0.2, 0.25) is 0 Å². The molecule has 1 N–H and O–H groups in total. The molecule has 0 bridgehead atoms. The van der Waals surface area contributed by atoms with Crippen LogP contribution in [0.5, 0.6) is 0 Å². The Morgan fingerprint density at radius 2 is 1.90 bits per heavy atom. The van der Waals surface area contributed by atoms with Gasteiger partial charge in [-0.05, 0) is 24.9 Å². The van der Waals surface area contributed by atoms with Crippen molar-refractivity contribution < 1.29 is 9.59 Å². The number of aldehydes is 1. The van der Waals surface area contributed by atoms with Gasteiger partial charge in [-0.2, -0.15) is 0 Å². The Morgan fingerprint density at radius 1 is 1.30 bits per heavy atom. The molecule has 4 heteroatoms. The average molecular weight is 276 g/mol. The summed E-state index contributed by atoms with van der Waals surface area (Å²) in [6.45, 7) is 3.97. The molecule has 1 amide bonds. The van der Waals surface area contributed by atoms with Gasteiger partial charge in [0.05, 0.1) is 12.1 Å². The van der Waals surface area contributed by atoms with E-state index in [-0.39, 0.29) is 17.9 Å².